The lowest BCUT2D eigenvalue weighted by molar-refractivity contribution is -0.144. The van der Waals surface area contributed by atoms with Crippen molar-refractivity contribution in [1.82, 2.24) is 20.5 Å². The Morgan fingerprint density at radius 1 is 1.50 bits per heavy atom. The minimum atomic E-state index is -4.56. The number of carbonyl (C=O) groups is 1. The molecule has 0 radical (unpaired) electrons. The second kappa shape index (κ2) is 3.46. The maximum Gasteiger partial charge on any atom is 0.453 e. The lowest BCUT2D eigenvalue weighted by Crippen LogP contribution is -2.25. The normalized spacial score (nSPS) is 24.1. The molecule has 0 unspecified atom stereocenters. The van der Waals surface area contributed by atoms with Gasteiger partial charge in [-0.1, -0.05) is 0 Å². The molecule has 2 saturated carbocycles. The third kappa shape index (κ3) is 1.95. The Morgan fingerprint density at radius 2 is 2.22 bits per heavy atom. The van der Waals surface area contributed by atoms with Crippen molar-refractivity contribution in [1.29, 1.82) is 0 Å². The standard InChI is InChI=1S/C10H11F3N4O/c11-10(12,13)8-15-6(16-17-8)4-14-7(18)5-3-9(5)1-2-9/h5H,1-4H2,(H,14,18)(H,15,16,17)/t5-/m1/s1. The zero-order valence-corrected chi connectivity index (χ0v) is 9.34. The molecule has 5 nitrogen and oxygen atoms in total. The summed E-state index contributed by atoms with van der Waals surface area (Å²) in [5, 5.41) is 7.80. The van der Waals surface area contributed by atoms with E-state index in [1.165, 1.54) is 0 Å². The monoisotopic (exact) mass is 260 g/mol. The highest BCUT2D eigenvalue weighted by atomic mass is 19.4. The van der Waals surface area contributed by atoms with E-state index in [2.05, 4.69) is 20.5 Å². The highest BCUT2D eigenvalue weighted by Gasteiger charge is 2.65. The van der Waals surface area contributed by atoms with Gasteiger partial charge < -0.3 is 5.32 Å². The number of nitrogens with one attached hydrogen (secondary N) is 2. The van der Waals surface area contributed by atoms with Crippen molar-refractivity contribution in [3.05, 3.63) is 11.6 Å². The summed E-state index contributed by atoms with van der Waals surface area (Å²) in [6.45, 7) is -0.0471. The van der Waals surface area contributed by atoms with Gasteiger partial charge in [0.2, 0.25) is 5.91 Å². The van der Waals surface area contributed by atoms with Crippen LogP contribution >= 0.6 is 0 Å². The van der Waals surface area contributed by atoms with Crippen molar-refractivity contribution in [3.8, 4) is 0 Å². The number of carbonyl (C=O) groups excluding carboxylic acids is 1. The molecule has 2 N–H and O–H groups in total. The fourth-order valence-electron chi connectivity index (χ4n) is 2.23. The maximum absolute atomic E-state index is 12.2. The van der Waals surface area contributed by atoms with Crippen LogP contribution in [0.2, 0.25) is 0 Å². The van der Waals surface area contributed by atoms with Gasteiger partial charge in [-0.05, 0) is 24.7 Å². The number of H-pyrrole nitrogens is 1. The van der Waals surface area contributed by atoms with Gasteiger partial charge in [-0.3, -0.25) is 9.89 Å². The molecule has 0 aliphatic heterocycles. The molecule has 2 fully saturated rings. The molecular formula is C10H11F3N4O. The van der Waals surface area contributed by atoms with E-state index in [1.807, 2.05) is 0 Å². The Hall–Kier alpha value is -1.60. The third-order valence-electron chi connectivity index (χ3n) is 3.61. The predicted molar refractivity (Wildman–Crippen MR) is 53.0 cm³/mol. The first-order chi connectivity index (χ1) is 8.41. The van der Waals surface area contributed by atoms with E-state index in [9.17, 15) is 18.0 Å². The predicted octanol–water partition coefficient (Wildman–Crippen LogP) is 1.24. The minimum Gasteiger partial charge on any atom is -0.349 e. The first kappa shape index (κ1) is 11.5. The molecule has 1 amide bonds. The van der Waals surface area contributed by atoms with Crippen molar-refractivity contribution < 1.29 is 18.0 Å². The number of hydrogen-bond acceptors (Lipinski definition) is 3. The number of amides is 1. The lowest BCUT2D eigenvalue weighted by atomic mass is 10.3. The summed E-state index contributed by atoms with van der Waals surface area (Å²) in [5.74, 6) is -1.25. The Labute approximate surface area is 100 Å². The van der Waals surface area contributed by atoms with Crippen molar-refractivity contribution in [2.45, 2.75) is 32.0 Å². The molecule has 1 heterocycles. The third-order valence-corrected chi connectivity index (χ3v) is 3.61. The minimum absolute atomic E-state index is 0.0150. The molecule has 1 aromatic rings. The van der Waals surface area contributed by atoms with Crippen LogP contribution in [0.15, 0.2) is 0 Å². The van der Waals surface area contributed by atoms with Gasteiger partial charge in [0.05, 0.1) is 6.54 Å². The molecule has 0 bridgehead atoms. The molecule has 8 heteroatoms. The molecular weight excluding hydrogens is 249 g/mol. The van der Waals surface area contributed by atoms with E-state index < -0.39 is 12.0 Å². The van der Waals surface area contributed by atoms with Crippen LogP contribution in [-0.2, 0) is 17.5 Å². The average molecular weight is 260 g/mol. The van der Waals surface area contributed by atoms with Crippen LogP contribution in [0.5, 0.6) is 0 Å². The van der Waals surface area contributed by atoms with Crippen molar-refractivity contribution in [2.75, 3.05) is 0 Å². The van der Waals surface area contributed by atoms with Gasteiger partial charge in [0.1, 0.15) is 5.82 Å². The summed E-state index contributed by atoms with van der Waals surface area (Å²) < 4.78 is 36.6. The van der Waals surface area contributed by atoms with Crippen LogP contribution in [0.3, 0.4) is 0 Å². The molecule has 18 heavy (non-hydrogen) atoms. The zero-order valence-electron chi connectivity index (χ0n) is 9.34. The number of rotatable bonds is 3. The number of hydrogen-bond donors (Lipinski definition) is 2. The molecule has 0 saturated heterocycles. The molecule has 1 spiro atoms. The van der Waals surface area contributed by atoms with E-state index in [-0.39, 0.29) is 29.6 Å². The highest BCUT2D eigenvalue weighted by Crippen LogP contribution is 2.70. The highest BCUT2D eigenvalue weighted by molar-refractivity contribution is 5.83. The quantitative estimate of drug-likeness (QED) is 0.859. The van der Waals surface area contributed by atoms with Gasteiger partial charge in [0, 0.05) is 5.92 Å². The summed E-state index contributed by atoms with van der Waals surface area (Å²) in [6.07, 6.45) is -1.48. The molecule has 0 aromatic carbocycles. The van der Waals surface area contributed by atoms with Crippen LogP contribution in [0.1, 0.15) is 30.9 Å². The number of nitrogens with zero attached hydrogens (tertiary/aromatic N) is 2. The molecule has 2 aliphatic rings. The van der Waals surface area contributed by atoms with Gasteiger partial charge in [0.15, 0.2) is 0 Å². The van der Waals surface area contributed by atoms with Crippen molar-refractivity contribution in [3.63, 3.8) is 0 Å². The van der Waals surface area contributed by atoms with Gasteiger partial charge in [-0.2, -0.15) is 13.2 Å². The largest absolute Gasteiger partial charge is 0.453 e. The first-order valence-electron chi connectivity index (χ1n) is 5.67. The SMILES string of the molecule is O=C(NCc1nc(C(F)(F)F)n[nH]1)[C@H]1CC12CC2. The molecule has 98 valence electrons. The van der Waals surface area contributed by atoms with Crippen LogP contribution < -0.4 is 5.32 Å². The Morgan fingerprint density at radius 3 is 2.72 bits per heavy atom. The van der Waals surface area contributed by atoms with Crippen molar-refractivity contribution >= 4 is 5.91 Å². The Kier molecular flexibility index (Phi) is 2.21. The first-order valence-corrected chi connectivity index (χ1v) is 5.67. The molecule has 3 rings (SSSR count). The van der Waals surface area contributed by atoms with Gasteiger partial charge in [0.25, 0.3) is 5.82 Å². The Balaban J connectivity index is 1.54. The van der Waals surface area contributed by atoms with Crippen LogP contribution in [0.4, 0.5) is 13.2 Å². The van der Waals surface area contributed by atoms with E-state index >= 15 is 0 Å². The fourth-order valence-corrected chi connectivity index (χ4v) is 2.23. The summed E-state index contributed by atoms with van der Waals surface area (Å²) >= 11 is 0. The number of aromatic nitrogens is 3. The number of alkyl halides is 3. The summed E-state index contributed by atoms with van der Waals surface area (Å²) in [5.41, 5.74) is 0.239. The number of halogens is 3. The second-order valence-electron chi connectivity index (χ2n) is 4.94. The van der Waals surface area contributed by atoms with Crippen LogP contribution in [0.25, 0.3) is 0 Å². The number of aromatic amines is 1. The smallest absolute Gasteiger partial charge is 0.349 e. The molecule has 1 aromatic heterocycles. The van der Waals surface area contributed by atoms with Gasteiger partial charge >= 0.3 is 6.18 Å². The fraction of sp³-hybridized carbons (Fsp3) is 0.700. The van der Waals surface area contributed by atoms with E-state index in [0.717, 1.165) is 19.3 Å². The van der Waals surface area contributed by atoms with E-state index in [4.69, 9.17) is 0 Å². The Bertz CT molecular complexity index is 492. The zero-order chi connectivity index (χ0) is 13.0. The molecule has 1 atom stereocenters. The van der Waals surface area contributed by atoms with Crippen LogP contribution in [-0.4, -0.2) is 21.1 Å². The van der Waals surface area contributed by atoms with E-state index in [1.54, 1.807) is 0 Å². The van der Waals surface area contributed by atoms with Gasteiger partial charge in [-0.15, -0.1) is 5.10 Å². The van der Waals surface area contributed by atoms with Gasteiger partial charge in [-0.25, -0.2) is 4.98 Å². The van der Waals surface area contributed by atoms with Crippen LogP contribution in [0, 0.1) is 11.3 Å². The van der Waals surface area contributed by atoms with Crippen molar-refractivity contribution in [2.24, 2.45) is 11.3 Å². The molecule has 2 aliphatic carbocycles. The lowest BCUT2D eigenvalue weighted by Gasteiger charge is -2.01. The topological polar surface area (TPSA) is 70.7 Å². The average Bonchev–Trinajstić information content (AvgIpc) is 3.16. The van der Waals surface area contributed by atoms with E-state index in [0.29, 0.717) is 0 Å². The summed E-state index contributed by atoms with van der Waals surface area (Å²) in [7, 11) is 0. The maximum atomic E-state index is 12.2. The summed E-state index contributed by atoms with van der Waals surface area (Å²) in [4.78, 5) is 14.9. The second-order valence-corrected chi connectivity index (χ2v) is 4.94. The summed E-state index contributed by atoms with van der Waals surface area (Å²) in [6, 6.07) is 0.